The Hall–Kier alpha value is -3.57. The highest BCUT2D eigenvalue weighted by Crippen LogP contribution is 2.42. The van der Waals surface area contributed by atoms with Gasteiger partial charge in [0.05, 0.1) is 40.0 Å². The van der Waals surface area contributed by atoms with Crippen LogP contribution in [0.15, 0.2) is 75.0 Å². The summed E-state index contributed by atoms with van der Waals surface area (Å²) in [6.45, 7) is 1.88. The molecule has 10 heteroatoms. The van der Waals surface area contributed by atoms with Crippen LogP contribution < -0.4 is 5.73 Å². The normalized spacial score (nSPS) is 15.4. The molecule has 170 valence electrons. The van der Waals surface area contributed by atoms with Crippen LogP contribution in [0.25, 0.3) is 10.6 Å². The van der Waals surface area contributed by atoms with Gasteiger partial charge in [-0.1, -0.05) is 23.9 Å². The van der Waals surface area contributed by atoms with Gasteiger partial charge in [-0.2, -0.15) is 10.5 Å². The number of ether oxygens (including phenoxy) is 2. The maximum absolute atomic E-state index is 13.0. The average molecular weight is 507 g/mol. The van der Waals surface area contributed by atoms with E-state index in [1.807, 2.05) is 41.1 Å². The van der Waals surface area contributed by atoms with E-state index < -0.39 is 11.9 Å². The molecule has 0 spiro atoms. The topological polar surface area (TPSA) is 122 Å². The highest BCUT2D eigenvalue weighted by Gasteiger charge is 2.38. The number of carbonyl (C=O) groups excluding carboxylic acids is 1. The monoisotopic (exact) mass is 506 g/mol. The lowest BCUT2D eigenvalue weighted by atomic mass is 9.87. The summed E-state index contributed by atoms with van der Waals surface area (Å²) in [7, 11) is 0. The predicted molar refractivity (Wildman–Crippen MR) is 132 cm³/mol. The van der Waals surface area contributed by atoms with Gasteiger partial charge in [0.15, 0.2) is 0 Å². The van der Waals surface area contributed by atoms with Crippen molar-refractivity contribution in [1.82, 2.24) is 4.98 Å². The Bertz CT molecular complexity index is 1350. The van der Waals surface area contributed by atoms with E-state index in [4.69, 9.17) is 15.2 Å². The van der Waals surface area contributed by atoms with Gasteiger partial charge in [-0.15, -0.1) is 22.7 Å². The van der Waals surface area contributed by atoms with E-state index in [9.17, 15) is 15.3 Å². The summed E-state index contributed by atoms with van der Waals surface area (Å²) in [6, 6.07) is 15.4. The minimum absolute atomic E-state index is 0.0506. The van der Waals surface area contributed by atoms with Crippen molar-refractivity contribution in [3.8, 4) is 22.7 Å². The molecule has 3 aromatic rings. The number of esters is 1. The van der Waals surface area contributed by atoms with Crippen LogP contribution in [-0.4, -0.2) is 23.3 Å². The fourth-order valence-electron chi connectivity index (χ4n) is 3.43. The number of allylic oxidation sites excluding steroid dienone is 1. The number of nitrogens with zero attached hydrogens (tertiary/aromatic N) is 3. The van der Waals surface area contributed by atoms with Gasteiger partial charge in [0.2, 0.25) is 5.88 Å². The number of hydrogen-bond acceptors (Lipinski definition) is 10. The van der Waals surface area contributed by atoms with Crippen molar-refractivity contribution in [2.24, 2.45) is 5.73 Å². The molecule has 2 N–H and O–H groups in total. The smallest absolute Gasteiger partial charge is 0.338 e. The first kappa shape index (κ1) is 23.6. The Balaban J connectivity index is 1.74. The SMILES string of the molecule is CCOC(=O)C1=C(CSc2nc(-c3cccs3)ccc2C#N)OC(N)=C(C#N)[C@H]1c1cccs1. The molecule has 34 heavy (non-hydrogen) atoms. The number of hydrogen-bond donors (Lipinski definition) is 1. The molecule has 0 amide bonds. The van der Waals surface area contributed by atoms with Crippen molar-refractivity contribution < 1.29 is 14.3 Å². The Morgan fingerprint density at radius 3 is 2.65 bits per heavy atom. The third-order valence-electron chi connectivity index (χ3n) is 4.91. The van der Waals surface area contributed by atoms with E-state index in [-0.39, 0.29) is 35.1 Å². The van der Waals surface area contributed by atoms with E-state index in [0.29, 0.717) is 10.6 Å². The minimum Gasteiger partial charge on any atom is -0.463 e. The van der Waals surface area contributed by atoms with Crippen LogP contribution in [0.4, 0.5) is 0 Å². The van der Waals surface area contributed by atoms with Crippen molar-refractivity contribution >= 4 is 40.4 Å². The van der Waals surface area contributed by atoms with E-state index in [0.717, 1.165) is 15.4 Å². The molecule has 7 nitrogen and oxygen atoms in total. The van der Waals surface area contributed by atoms with Crippen LogP contribution in [0, 0.1) is 22.7 Å². The van der Waals surface area contributed by atoms with Crippen LogP contribution in [0.1, 0.15) is 23.3 Å². The Labute approximate surface area is 208 Å². The first-order valence-electron chi connectivity index (χ1n) is 10.2. The van der Waals surface area contributed by atoms with Crippen LogP contribution in [0.5, 0.6) is 0 Å². The van der Waals surface area contributed by atoms with Crippen molar-refractivity contribution in [2.75, 3.05) is 12.4 Å². The number of thiophene rings is 2. The number of nitrogens with two attached hydrogens (primary N) is 1. The van der Waals surface area contributed by atoms with Crippen LogP contribution in [0.3, 0.4) is 0 Å². The Morgan fingerprint density at radius 1 is 1.21 bits per heavy atom. The second-order valence-corrected chi connectivity index (χ2v) is 9.82. The van der Waals surface area contributed by atoms with E-state index in [1.165, 1.54) is 23.1 Å². The van der Waals surface area contributed by atoms with E-state index in [1.54, 1.807) is 24.3 Å². The van der Waals surface area contributed by atoms with Gasteiger partial charge in [-0.05, 0) is 41.9 Å². The summed E-state index contributed by atoms with van der Waals surface area (Å²) < 4.78 is 11.1. The lowest BCUT2D eigenvalue weighted by Gasteiger charge is -2.27. The largest absolute Gasteiger partial charge is 0.463 e. The number of rotatable bonds is 7. The summed E-state index contributed by atoms with van der Waals surface area (Å²) in [5.41, 5.74) is 7.66. The van der Waals surface area contributed by atoms with Crippen molar-refractivity contribution in [3.63, 3.8) is 0 Å². The molecule has 0 radical (unpaired) electrons. The highest BCUT2D eigenvalue weighted by molar-refractivity contribution is 7.99. The average Bonchev–Trinajstić information content (AvgIpc) is 3.57. The maximum atomic E-state index is 13.0. The molecule has 0 saturated heterocycles. The fraction of sp³-hybridized carbons (Fsp3) is 0.167. The molecular weight excluding hydrogens is 488 g/mol. The molecule has 1 aliphatic rings. The van der Waals surface area contributed by atoms with Gasteiger partial charge in [-0.25, -0.2) is 9.78 Å². The van der Waals surface area contributed by atoms with Crippen molar-refractivity contribution in [2.45, 2.75) is 17.9 Å². The van der Waals surface area contributed by atoms with E-state index in [2.05, 4.69) is 17.1 Å². The molecule has 0 unspecified atom stereocenters. The second-order valence-electron chi connectivity index (χ2n) is 6.92. The molecule has 1 atom stereocenters. The maximum Gasteiger partial charge on any atom is 0.338 e. The predicted octanol–water partition coefficient (Wildman–Crippen LogP) is 5.16. The highest BCUT2D eigenvalue weighted by atomic mass is 32.2. The standard InChI is InChI=1S/C24H18N4O3S3/c1-2-30-24(29)21-17(31-22(27)15(12-26)20(21)19-6-4-10-33-19)13-34-23-14(11-25)7-8-16(28-23)18-5-3-9-32-18/h3-10,20H,2,13,27H2,1H3/t20-/m0/s1. The van der Waals surface area contributed by atoms with E-state index >= 15 is 0 Å². The Morgan fingerprint density at radius 2 is 2.00 bits per heavy atom. The molecule has 4 heterocycles. The van der Waals surface area contributed by atoms with Gasteiger partial charge in [-0.3, -0.25) is 0 Å². The van der Waals surface area contributed by atoms with Crippen molar-refractivity contribution in [3.05, 3.63) is 80.4 Å². The van der Waals surface area contributed by atoms with Crippen molar-refractivity contribution in [1.29, 1.82) is 10.5 Å². The molecule has 0 fully saturated rings. The first-order chi connectivity index (χ1) is 16.6. The molecule has 4 rings (SSSR count). The zero-order valence-electron chi connectivity index (χ0n) is 18.0. The number of nitriles is 2. The second kappa shape index (κ2) is 10.6. The molecular formula is C24H18N4O3S3. The fourth-order valence-corrected chi connectivity index (χ4v) is 5.88. The number of aromatic nitrogens is 1. The zero-order valence-corrected chi connectivity index (χ0v) is 20.4. The molecule has 0 aromatic carbocycles. The summed E-state index contributed by atoms with van der Waals surface area (Å²) >= 11 is 4.23. The molecule has 0 saturated carbocycles. The third-order valence-corrected chi connectivity index (χ3v) is 7.73. The molecule has 3 aromatic heterocycles. The summed E-state index contributed by atoms with van der Waals surface area (Å²) in [5, 5.41) is 23.7. The quantitative estimate of drug-likeness (QED) is 0.344. The van der Waals surface area contributed by atoms with Gasteiger partial charge in [0, 0.05) is 4.88 Å². The van der Waals surface area contributed by atoms with Gasteiger partial charge in [0.1, 0.15) is 28.5 Å². The minimum atomic E-state index is -0.686. The zero-order chi connectivity index (χ0) is 24.1. The first-order valence-corrected chi connectivity index (χ1v) is 12.9. The lowest BCUT2D eigenvalue weighted by Crippen LogP contribution is -2.26. The summed E-state index contributed by atoms with van der Waals surface area (Å²) in [4.78, 5) is 19.4. The lowest BCUT2D eigenvalue weighted by molar-refractivity contribution is -0.139. The Kier molecular flexibility index (Phi) is 7.33. The third kappa shape index (κ3) is 4.70. The number of pyridine rings is 1. The summed E-state index contributed by atoms with van der Waals surface area (Å²) in [6.07, 6.45) is 0. The molecule has 0 aliphatic carbocycles. The summed E-state index contributed by atoms with van der Waals surface area (Å²) in [5.74, 6) is -0.854. The van der Waals surface area contributed by atoms with Crippen LogP contribution >= 0.6 is 34.4 Å². The van der Waals surface area contributed by atoms with Crippen LogP contribution in [-0.2, 0) is 14.3 Å². The number of thioether (sulfide) groups is 1. The molecule has 1 aliphatic heterocycles. The van der Waals surface area contributed by atoms with Gasteiger partial charge >= 0.3 is 5.97 Å². The molecule has 0 bridgehead atoms. The van der Waals surface area contributed by atoms with Crippen LogP contribution in [0.2, 0.25) is 0 Å². The van der Waals surface area contributed by atoms with Gasteiger partial charge in [0.25, 0.3) is 0 Å². The van der Waals surface area contributed by atoms with Gasteiger partial charge < -0.3 is 15.2 Å². The number of carbonyl (C=O) groups is 1.